The summed E-state index contributed by atoms with van der Waals surface area (Å²) in [5.74, 6) is 0.801. The third kappa shape index (κ3) is 3.46. The molecule has 0 fully saturated rings. The Morgan fingerprint density at radius 1 is 1.46 bits per heavy atom. The van der Waals surface area contributed by atoms with Gasteiger partial charge in [-0.3, -0.25) is 4.79 Å². The number of carbonyl (C=O) groups is 1. The number of hydrogen-bond donors (Lipinski definition) is 1. The molecular weight excluding hydrogens is 234 g/mol. The molecule has 3 nitrogen and oxygen atoms in total. The molecule has 0 aliphatic carbocycles. The van der Waals surface area contributed by atoms with Crippen LogP contribution in [0.15, 0.2) is 24.3 Å². The first kappa shape index (κ1) is 10.1. The lowest BCUT2D eigenvalue weighted by Crippen LogP contribution is -2.00. The molecule has 0 spiro atoms. The van der Waals surface area contributed by atoms with Crippen molar-refractivity contribution in [3.8, 4) is 5.75 Å². The summed E-state index contributed by atoms with van der Waals surface area (Å²) in [7, 11) is 0. The van der Waals surface area contributed by atoms with Crippen molar-refractivity contribution in [1.82, 2.24) is 0 Å². The van der Waals surface area contributed by atoms with Gasteiger partial charge in [-0.2, -0.15) is 0 Å². The fraction of sp³-hybridized carbons (Fsp3) is 0.222. The Balaban J connectivity index is 2.64. The van der Waals surface area contributed by atoms with E-state index in [0.717, 1.165) is 11.4 Å². The number of carbonyl (C=O) groups excluding carboxylic acids is 1. The summed E-state index contributed by atoms with van der Waals surface area (Å²) >= 11 is 2.78. The van der Waals surface area contributed by atoms with Crippen LogP contribution in [0.3, 0.4) is 0 Å². The maximum Gasteiger partial charge on any atom is 0.291 e. The van der Waals surface area contributed by atoms with Gasteiger partial charge < -0.3 is 10.1 Å². The number of hydrogen-bond acceptors (Lipinski definition) is 2. The van der Waals surface area contributed by atoms with Crippen LogP contribution >= 0.6 is 15.9 Å². The average molecular weight is 244 g/mol. The van der Waals surface area contributed by atoms with Gasteiger partial charge in [-0.1, -0.05) is 0 Å². The summed E-state index contributed by atoms with van der Waals surface area (Å²) in [4.78, 5) is 10.3. The highest BCUT2D eigenvalue weighted by Crippen LogP contribution is 2.15. The maximum atomic E-state index is 10.6. The van der Waals surface area contributed by atoms with Crippen LogP contribution < -0.4 is 10.1 Å². The van der Waals surface area contributed by atoms with Crippen molar-refractivity contribution in [2.24, 2.45) is 0 Å². The summed E-state index contributed by atoms with van der Waals surface area (Å²) in [6.07, 6.45) is 0. The van der Waals surface area contributed by atoms with Gasteiger partial charge in [0.2, 0.25) is 0 Å². The second-order valence-corrected chi connectivity index (χ2v) is 3.08. The number of benzene rings is 1. The monoisotopic (exact) mass is 243 g/mol. The van der Waals surface area contributed by atoms with Crippen LogP contribution in [0.1, 0.15) is 6.92 Å². The topological polar surface area (TPSA) is 38.3 Å². The van der Waals surface area contributed by atoms with Gasteiger partial charge >= 0.3 is 0 Å². The second-order valence-electron chi connectivity index (χ2n) is 2.36. The molecule has 0 aliphatic heterocycles. The highest BCUT2D eigenvalue weighted by atomic mass is 79.9. The molecule has 1 rings (SSSR count). The van der Waals surface area contributed by atoms with E-state index in [1.165, 1.54) is 0 Å². The summed E-state index contributed by atoms with van der Waals surface area (Å²) in [6, 6.07) is 7.18. The normalized spacial score (nSPS) is 9.38. The van der Waals surface area contributed by atoms with E-state index in [4.69, 9.17) is 4.74 Å². The van der Waals surface area contributed by atoms with E-state index in [2.05, 4.69) is 21.2 Å². The molecular formula is C9H10BrNO2. The van der Waals surface area contributed by atoms with Crippen LogP contribution in [0.4, 0.5) is 10.5 Å². The lowest BCUT2D eigenvalue weighted by atomic mass is 10.3. The predicted octanol–water partition coefficient (Wildman–Crippen LogP) is 3.01. The van der Waals surface area contributed by atoms with Crippen LogP contribution in [-0.4, -0.2) is 11.4 Å². The highest BCUT2D eigenvalue weighted by Gasteiger charge is 1.96. The van der Waals surface area contributed by atoms with Crippen LogP contribution in [0.2, 0.25) is 0 Å². The Hall–Kier alpha value is -1.03. The smallest absolute Gasteiger partial charge is 0.291 e. The molecule has 0 radical (unpaired) electrons. The second kappa shape index (κ2) is 4.87. The number of nitrogens with one attached hydrogen (secondary N) is 1. The van der Waals surface area contributed by atoms with Crippen molar-refractivity contribution in [3.05, 3.63) is 24.3 Å². The van der Waals surface area contributed by atoms with Crippen molar-refractivity contribution in [1.29, 1.82) is 0 Å². The summed E-state index contributed by atoms with van der Waals surface area (Å²) < 4.78 is 5.24. The Bertz CT molecular complexity index is 284. The number of rotatable bonds is 3. The van der Waals surface area contributed by atoms with E-state index in [0.29, 0.717) is 6.61 Å². The number of ether oxygens (including phenoxy) is 1. The fourth-order valence-corrected chi connectivity index (χ4v) is 1.14. The molecule has 0 unspecified atom stereocenters. The van der Waals surface area contributed by atoms with Crippen molar-refractivity contribution < 1.29 is 9.53 Å². The molecule has 1 N–H and O–H groups in total. The van der Waals surface area contributed by atoms with Gasteiger partial charge in [0.15, 0.2) is 0 Å². The largest absolute Gasteiger partial charge is 0.494 e. The zero-order chi connectivity index (χ0) is 9.68. The summed E-state index contributed by atoms with van der Waals surface area (Å²) in [6.45, 7) is 2.57. The van der Waals surface area contributed by atoms with Gasteiger partial charge in [0.1, 0.15) is 5.75 Å². The maximum absolute atomic E-state index is 10.6. The Morgan fingerprint density at radius 2 is 2.08 bits per heavy atom. The van der Waals surface area contributed by atoms with Crippen molar-refractivity contribution in [3.63, 3.8) is 0 Å². The molecule has 0 saturated heterocycles. The third-order valence-corrected chi connectivity index (χ3v) is 1.61. The number of anilines is 1. The highest BCUT2D eigenvalue weighted by molar-refractivity contribution is 9.18. The van der Waals surface area contributed by atoms with Gasteiger partial charge in [-0.25, -0.2) is 0 Å². The molecule has 1 aromatic rings. The molecule has 0 aromatic heterocycles. The molecule has 0 atom stereocenters. The summed E-state index contributed by atoms with van der Waals surface area (Å²) in [5.41, 5.74) is 0.741. The van der Waals surface area contributed by atoms with Gasteiger partial charge in [0.25, 0.3) is 4.82 Å². The molecule has 13 heavy (non-hydrogen) atoms. The van der Waals surface area contributed by atoms with Gasteiger partial charge in [0, 0.05) is 21.6 Å². The van der Waals surface area contributed by atoms with Crippen LogP contribution in [0.25, 0.3) is 0 Å². The van der Waals surface area contributed by atoms with E-state index < -0.39 is 0 Å². The first-order chi connectivity index (χ1) is 6.22. The molecule has 0 aliphatic rings. The minimum atomic E-state index is -0.253. The Labute approximate surface area is 85.2 Å². The quantitative estimate of drug-likeness (QED) is 0.655. The van der Waals surface area contributed by atoms with Crippen molar-refractivity contribution >= 4 is 26.4 Å². The Morgan fingerprint density at radius 3 is 2.54 bits per heavy atom. The molecule has 1 aromatic carbocycles. The molecule has 4 heteroatoms. The minimum absolute atomic E-state index is 0.253. The predicted molar refractivity (Wildman–Crippen MR) is 55.6 cm³/mol. The zero-order valence-corrected chi connectivity index (χ0v) is 8.80. The molecule has 0 heterocycles. The standard InChI is InChI=1S/C9H10BrNO2/c1-2-13-8-5-3-7(4-6-8)11-9(10)12/h3-6H,2H2,1H3,(H,11,12). The van der Waals surface area contributed by atoms with E-state index in [9.17, 15) is 4.79 Å². The fourth-order valence-electron chi connectivity index (χ4n) is 0.915. The first-order valence-electron chi connectivity index (χ1n) is 3.91. The minimum Gasteiger partial charge on any atom is -0.494 e. The summed E-state index contributed by atoms with van der Waals surface area (Å²) in [5, 5.41) is 2.60. The lowest BCUT2D eigenvalue weighted by molar-refractivity contribution is 0.270. The first-order valence-corrected chi connectivity index (χ1v) is 4.71. The van der Waals surface area contributed by atoms with Crippen LogP contribution in [0.5, 0.6) is 5.75 Å². The number of halogens is 1. The zero-order valence-electron chi connectivity index (χ0n) is 7.21. The van der Waals surface area contributed by atoms with E-state index in [1.807, 2.05) is 19.1 Å². The van der Waals surface area contributed by atoms with Gasteiger partial charge in [0.05, 0.1) is 6.61 Å². The molecule has 0 bridgehead atoms. The van der Waals surface area contributed by atoms with E-state index in [-0.39, 0.29) is 4.82 Å². The number of amides is 1. The van der Waals surface area contributed by atoms with Crippen LogP contribution in [-0.2, 0) is 0 Å². The van der Waals surface area contributed by atoms with Crippen molar-refractivity contribution in [2.75, 3.05) is 11.9 Å². The Kier molecular flexibility index (Phi) is 3.76. The van der Waals surface area contributed by atoms with E-state index in [1.54, 1.807) is 12.1 Å². The van der Waals surface area contributed by atoms with Crippen LogP contribution in [0, 0.1) is 0 Å². The van der Waals surface area contributed by atoms with Gasteiger partial charge in [-0.15, -0.1) is 0 Å². The van der Waals surface area contributed by atoms with E-state index >= 15 is 0 Å². The van der Waals surface area contributed by atoms with Crippen molar-refractivity contribution in [2.45, 2.75) is 6.92 Å². The lowest BCUT2D eigenvalue weighted by Gasteiger charge is -2.04. The third-order valence-electron chi connectivity index (χ3n) is 1.41. The molecule has 70 valence electrons. The molecule has 1 amide bonds. The van der Waals surface area contributed by atoms with Gasteiger partial charge in [-0.05, 0) is 31.2 Å². The SMILES string of the molecule is CCOc1ccc(NC(=O)Br)cc1. The average Bonchev–Trinajstić information content (AvgIpc) is 2.08. The molecule has 0 saturated carbocycles.